The lowest BCUT2D eigenvalue weighted by molar-refractivity contribution is -0.262. The van der Waals surface area contributed by atoms with Gasteiger partial charge in [0.1, 0.15) is 6.61 Å². The molecule has 1 aromatic carbocycles. The summed E-state index contributed by atoms with van der Waals surface area (Å²) in [4.78, 5) is 23.5. The number of ether oxygens (including phenoxy) is 1. The van der Waals surface area contributed by atoms with Crippen molar-refractivity contribution in [2.75, 3.05) is 19.7 Å². The third-order valence-electron chi connectivity index (χ3n) is 2.94. The summed E-state index contributed by atoms with van der Waals surface area (Å²) in [6.07, 6.45) is 2.56. The fourth-order valence-corrected chi connectivity index (χ4v) is 1.80. The topological polar surface area (TPSA) is 74.0 Å². The van der Waals surface area contributed by atoms with Crippen LogP contribution in [0.3, 0.4) is 0 Å². The predicted octanol–water partition coefficient (Wildman–Crippen LogP) is 2.17. The molecule has 0 unspecified atom stereocenters. The molecule has 1 heterocycles. The number of amides is 1. The molecule has 21 heavy (non-hydrogen) atoms. The number of hydrogen-bond acceptors (Lipinski definition) is 5. The normalized spacial score (nSPS) is 14.0. The van der Waals surface area contributed by atoms with E-state index in [2.05, 4.69) is 0 Å². The van der Waals surface area contributed by atoms with E-state index in [9.17, 15) is 4.79 Å². The monoisotopic (exact) mass is 292 g/mol. The highest BCUT2D eigenvalue weighted by Gasteiger charge is 2.21. The zero-order valence-electron chi connectivity index (χ0n) is 11.9. The summed E-state index contributed by atoms with van der Waals surface area (Å²) < 4.78 is 5.23. The second-order valence-electron chi connectivity index (χ2n) is 4.63. The molecular formula is C15H20N2O4. The van der Waals surface area contributed by atoms with Crippen molar-refractivity contribution in [3.63, 3.8) is 0 Å². The maximum absolute atomic E-state index is 11.9. The zero-order chi connectivity index (χ0) is 14.9. The molecule has 0 aromatic heterocycles. The van der Waals surface area contributed by atoms with E-state index in [0.717, 1.165) is 12.0 Å². The molecule has 0 fully saturated rings. The van der Waals surface area contributed by atoms with Crippen LogP contribution in [0.25, 0.3) is 0 Å². The Morgan fingerprint density at radius 1 is 1.29 bits per heavy atom. The molecule has 1 amide bonds. The Bertz CT molecular complexity index is 476. The average Bonchev–Trinajstić information content (AvgIpc) is 2.99. The van der Waals surface area contributed by atoms with Gasteiger partial charge in [-0.1, -0.05) is 30.3 Å². The SMILES string of the molecule is NCCCOOC1=CN(C(=O)OCc2ccccc2)CC1. The Hall–Kier alpha value is -2.05. The Kier molecular flexibility index (Phi) is 6.05. The van der Waals surface area contributed by atoms with Crippen LogP contribution in [0, 0.1) is 0 Å². The van der Waals surface area contributed by atoms with E-state index >= 15 is 0 Å². The zero-order valence-corrected chi connectivity index (χ0v) is 11.9. The fourth-order valence-electron chi connectivity index (χ4n) is 1.80. The van der Waals surface area contributed by atoms with Crippen molar-refractivity contribution in [1.29, 1.82) is 0 Å². The summed E-state index contributed by atoms with van der Waals surface area (Å²) in [5, 5.41) is 0. The average molecular weight is 292 g/mol. The highest BCUT2D eigenvalue weighted by atomic mass is 17.2. The third kappa shape index (κ3) is 5.09. The molecular weight excluding hydrogens is 272 g/mol. The third-order valence-corrected chi connectivity index (χ3v) is 2.94. The Morgan fingerprint density at radius 2 is 2.10 bits per heavy atom. The van der Waals surface area contributed by atoms with Gasteiger partial charge in [0.2, 0.25) is 0 Å². The van der Waals surface area contributed by atoms with Crippen molar-refractivity contribution in [2.24, 2.45) is 5.73 Å². The van der Waals surface area contributed by atoms with Crippen molar-refractivity contribution in [2.45, 2.75) is 19.4 Å². The molecule has 1 aliphatic rings. The van der Waals surface area contributed by atoms with E-state index < -0.39 is 0 Å². The van der Waals surface area contributed by atoms with Gasteiger partial charge in [0.25, 0.3) is 0 Å². The van der Waals surface area contributed by atoms with Gasteiger partial charge in [-0.3, -0.25) is 4.90 Å². The van der Waals surface area contributed by atoms with E-state index in [0.29, 0.717) is 31.9 Å². The van der Waals surface area contributed by atoms with Crippen LogP contribution in [0.4, 0.5) is 4.79 Å². The Labute approximate surface area is 124 Å². The molecule has 0 saturated carbocycles. The summed E-state index contributed by atoms with van der Waals surface area (Å²) in [6.45, 7) is 1.78. The molecule has 114 valence electrons. The molecule has 6 heteroatoms. The van der Waals surface area contributed by atoms with Crippen molar-refractivity contribution in [3.05, 3.63) is 47.9 Å². The van der Waals surface area contributed by atoms with Crippen LogP contribution in [0.15, 0.2) is 42.3 Å². The summed E-state index contributed by atoms with van der Waals surface area (Å²) in [7, 11) is 0. The lowest BCUT2D eigenvalue weighted by atomic mass is 10.2. The van der Waals surface area contributed by atoms with Crippen LogP contribution in [0.1, 0.15) is 18.4 Å². The van der Waals surface area contributed by atoms with Gasteiger partial charge in [-0.25, -0.2) is 4.79 Å². The largest absolute Gasteiger partial charge is 0.444 e. The molecule has 1 aromatic rings. The van der Waals surface area contributed by atoms with Crippen LogP contribution < -0.4 is 5.73 Å². The summed E-state index contributed by atoms with van der Waals surface area (Å²) in [5.74, 6) is 0.615. The molecule has 0 saturated heterocycles. The standard InChI is InChI=1S/C15H20N2O4/c16-8-4-10-20-21-14-7-9-17(11-14)15(18)19-12-13-5-2-1-3-6-13/h1-3,5-6,11H,4,7-10,12,16H2. The number of rotatable bonds is 7. The molecule has 1 aliphatic heterocycles. The van der Waals surface area contributed by atoms with Gasteiger partial charge >= 0.3 is 6.09 Å². The van der Waals surface area contributed by atoms with Gasteiger partial charge in [0, 0.05) is 13.0 Å². The van der Waals surface area contributed by atoms with Crippen molar-refractivity contribution in [1.82, 2.24) is 4.90 Å². The first-order chi connectivity index (χ1) is 10.3. The second-order valence-corrected chi connectivity index (χ2v) is 4.63. The second kappa shape index (κ2) is 8.28. The summed E-state index contributed by atoms with van der Waals surface area (Å²) in [5.41, 5.74) is 6.30. The first-order valence-corrected chi connectivity index (χ1v) is 6.97. The van der Waals surface area contributed by atoms with Gasteiger partial charge < -0.3 is 15.4 Å². The quantitative estimate of drug-likeness (QED) is 0.473. The summed E-state index contributed by atoms with van der Waals surface area (Å²) in [6, 6.07) is 9.55. The van der Waals surface area contributed by atoms with Crippen LogP contribution >= 0.6 is 0 Å². The number of hydrogen-bond donors (Lipinski definition) is 1. The van der Waals surface area contributed by atoms with Crippen molar-refractivity contribution < 1.29 is 19.3 Å². The van der Waals surface area contributed by atoms with Gasteiger partial charge in [-0.05, 0) is 18.5 Å². The predicted molar refractivity (Wildman–Crippen MR) is 76.7 cm³/mol. The molecule has 0 atom stereocenters. The van der Waals surface area contributed by atoms with Crippen LogP contribution in [-0.2, 0) is 21.1 Å². The minimum Gasteiger partial charge on any atom is -0.444 e. The van der Waals surface area contributed by atoms with Crippen molar-refractivity contribution >= 4 is 6.09 Å². The van der Waals surface area contributed by atoms with Crippen LogP contribution in [-0.4, -0.2) is 30.7 Å². The lowest BCUT2D eigenvalue weighted by Gasteiger charge is -2.12. The van der Waals surface area contributed by atoms with Crippen LogP contribution in [0.5, 0.6) is 0 Å². The van der Waals surface area contributed by atoms with Crippen LogP contribution in [0.2, 0.25) is 0 Å². The lowest BCUT2D eigenvalue weighted by Crippen LogP contribution is -2.24. The Balaban J connectivity index is 1.72. The number of carbonyl (C=O) groups excluding carboxylic acids is 1. The number of nitrogens with zero attached hydrogens (tertiary/aromatic N) is 1. The van der Waals surface area contributed by atoms with E-state index in [1.165, 1.54) is 4.90 Å². The molecule has 0 bridgehead atoms. The van der Waals surface area contributed by atoms with Gasteiger partial charge in [0.15, 0.2) is 5.76 Å². The highest BCUT2D eigenvalue weighted by Crippen LogP contribution is 2.17. The van der Waals surface area contributed by atoms with Crippen molar-refractivity contribution in [3.8, 4) is 0 Å². The number of nitrogens with two attached hydrogens (primary N) is 1. The molecule has 2 N–H and O–H groups in total. The van der Waals surface area contributed by atoms with Gasteiger partial charge in [-0.2, -0.15) is 4.89 Å². The first kappa shape index (κ1) is 15.3. The minimum absolute atomic E-state index is 0.257. The van der Waals surface area contributed by atoms with E-state index in [-0.39, 0.29) is 12.7 Å². The smallest absolute Gasteiger partial charge is 0.414 e. The number of benzene rings is 1. The fraction of sp³-hybridized carbons (Fsp3) is 0.400. The van der Waals surface area contributed by atoms with Gasteiger partial charge in [0.05, 0.1) is 12.8 Å². The number of carbonyl (C=O) groups is 1. The molecule has 2 rings (SSSR count). The highest BCUT2D eigenvalue weighted by molar-refractivity contribution is 5.69. The summed E-state index contributed by atoms with van der Waals surface area (Å²) >= 11 is 0. The molecule has 0 aliphatic carbocycles. The van der Waals surface area contributed by atoms with E-state index in [1.54, 1.807) is 6.20 Å². The molecule has 0 radical (unpaired) electrons. The maximum atomic E-state index is 11.9. The van der Waals surface area contributed by atoms with Gasteiger partial charge in [-0.15, -0.1) is 0 Å². The minimum atomic E-state index is -0.389. The van der Waals surface area contributed by atoms with E-state index in [1.807, 2.05) is 30.3 Å². The van der Waals surface area contributed by atoms with E-state index in [4.69, 9.17) is 20.2 Å². The first-order valence-electron chi connectivity index (χ1n) is 6.97. The Morgan fingerprint density at radius 3 is 2.86 bits per heavy atom. The molecule has 6 nitrogen and oxygen atoms in total. The molecule has 0 spiro atoms. The maximum Gasteiger partial charge on any atom is 0.414 e.